The molecule has 0 atom stereocenters. The van der Waals surface area contributed by atoms with Crippen molar-refractivity contribution in [3.8, 4) is 138 Å². The summed E-state index contributed by atoms with van der Waals surface area (Å²) in [7, 11) is 0. The first-order chi connectivity index (χ1) is 65.1. The van der Waals surface area contributed by atoms with E-state index in [2.05, 4.69) is 121 Å². The molecule has 18 heteroatoms. The number of aryl methyl sites for hydroxylation is 4. The number of carbonyl (C=O) groups is 2. The normalized spacial score (nSPS) is 18.4. The summed E-state index contributed by atoms with van der Waals surface area (Å²) in [4.78, 5) is 29.0. The summed E-state index contributed by atoms with van der Waals surface area (Å²) in [6.45, 7) is 0. The molecule has 644 valence electrons. The van der Waals surface area contributed by atoms with E-state index < -0.39 is 48.8 Å². The van der Waals surface area contributed by atoms with Crippen LogP contribution in [0.5, 0.6) is 138 Å². The van der Waals surface area contributed by atoms with Crippen LogP contribution in [0.2, 0.25) is 0 Å². The molecule has 18 nitrogen and oxygen atoms in total. The highest BCUT2D eigenvalue weighted by atomic mass is 16.7. The zero-order valence-corrected chi connectivity index (χ0v) is 71.0. The highest BCUT2D eigenvalue weighted by Crippen LogP contribution is 2.60. The van der Waals surface area contributed by atoms with Crippen molar-refractivity contribution < 1.29 is 85.4 Å². The lowest BCUT2D eigenvalue weighted by Gasteiger charge is -2.38. The van der Waals surface area contributed by atoms with Gasteiger partial charge in [-0.2, -0.15) is 0 Å². The number of hydrogen-bond donors (Lipinski definition) is 0. The fraction of sp³-hybridized carbons (Fsp3) is 0.140. The Bertz CT molecular complexity index is 6550. The second kappa shape index (κ2) is 32.4. The first-order valence-electron chi connectivity index (χ1n) is 44.7. The Kier molecular flexibility index (Phi) is 19.2. The lowest BCUT2D eigenvalue weighted by Crippen LogP contribution is -2.26. The van der Waals surface area contributed by atoms with Gasteiger partial charge in [0.15, 0.2) is 12.6 Å². The fourth-order valence-corrected chi connectivity index (χ4v) is 19.9. The molecule has 0 aromatic heterocycles. The summed E-state index contributed by atoms with van der Waals surface area (Å²) in [6.07, 6.45) is 0.407. The average Bonchev–Trinajstić information content (AvgIpc) is 0.804. The molecule has 40 bridgehead atoms. The highest BCUT2D eigenvalue weighted by molar-refractivity contribution is 5.86. The summed E-state index contributed by atoms with van der Waals surface area (Å²) in [6, 6.07) is 106. The molecule has 0 N–H and O–H groups in total. The first kappa shape index (κ1) is 78.0. The van der Waals surface area contributed by atoms with E-state index in [-0.39, 0.29) is 57.1 Å². The summed E-state index contributed by atoms with van der Waals surface area (Å²) in [5, 5.41) is 0. The third-order valence-corrected chi connectivity index (χ3v) is 26.2. The lowest BCUT2D eigenvalue weighted by atomic mass is 9.75. The molecule has 0 amide bonds. The molecule has 0 saturated heterocycles. The topological polar surface area (TPSA) is 182 Å². The van der Waals surface area contributed by atoms with E-state index in [9.17, 15) is 9.59 Å². The quantitative estimate of drug-likeness (QED) is 0.0936. The van der Waals surface area contributed by atoms with Crippen molar-refractivity contribution in [2.45, 2.75) is 100 Å². The van der Waals surface area contributed by atoms with Crippen molar-refractivity contribution in [1.29, 1.82) is 0 Å². The average molecular weight is 1740 g/mol. The van der Waals surface area contributed by atoms with Crippen molar-refractivity contribution in [2.24, 2.45) is 0 Å². The van der Waals surface area contributed by atoms with E-state index in [0.717, 1.165) is 79.3 Å². The zero-order valence-electron chi connectivity index (χ0n) is 71.0. The van der Waals surface area contributed by atoms with E-state index >= 15 is 0 Å². The molecule has 0 radical (unpaired) electrons. The molecule has 16 aromatic rings. The van der Waals surface area contributed by atoms with E-state index in [1.807, 2.05) is 72.8 Å². The van der Waals surface area contributed by atoms with Crippen LogP contribution in [0.25, 0.3) is 0 Å². The van der Waals surface area contributed by atoms with Gasteiger partial charge in [0, 0.05) is 151 Å². The maximum atomic E-state index is 14.5. The van der Waals surface area contributed by atoms with Gasteiger partial charge in [-0.05, 0) is 195 Å². The van der Waals surface area contributed by atoms with Crippen LogP contribution in [0.4, 0.5) is 0 Å². The van der Waals surface area contributed by atoms with Crippen molar-refractivity contribution in [3.63, 3.8) is 0 Å². The summed E-state index contributed by atoms with van der Waals surface area (Å²) in [5.41, 5.74) is 12.9. The van der Waals surface area contributed by atoms with E-state index in [1.54, 1.807) is 133 Å². The predicted octanol–water partition coefficient (Wildman–Crippen LogP) is 28.2. The van der Waals surface area contributed by atoms with Crippen LogP contribution < -0.4 is 75.8 Å². The van der Waals surface area contributed by atoms with Crippen LogP contribution in [-0.4, -0.2) is 12.6 Å². The monoisotopic (exact) mass is 1740 g/mol. The summed E-state index contributed by atoms with van der Waals surface area (Å²) in [5.74, 6) is 5.25. The predicted molar refractivity (Wildman–Crippen MR) is 491 cm³/mol. The van der Waals surface area contributed by atoms with Gasteiger partial charge in [-0.25, -0.2) is 0 Å². The minimum Gasteiger partial charge on any atom is -0.457 e. The molecule has 0 saturated carbocycles. The maximum absolute atomic E-state index is 14.5. The lowest BCUT2D eigenvalue weighted by molar-refractivity contribution is -0.0123. The van der Waals surface area contributed by atoms with Crippen LogP contribution in [0.3, 0.4) is 0 Å². The number of ether oxygens (including phenoxy) is 16. The minimum atomic E-state index is -1.41. The molecule has 0 unspecified atom stereocenters. The molecule has 8 aliphatic heterocycles. The van der Waals surface area contributed by atoms with Gasteiger partial charge in [0.25, 0.3) is 25.2 Å². The molecule has 0 fully saturated rings. The van der Waals surface area contributed by atoms with Crippen molar-refractivity contribution in [1.82, 2.24) is 0 Å². The van der Waals surface area contributed by atoms with Gasteiger partial charge in [-0.15, -0.1) is 0 Å². The van der Waals surface area contributed by atoms with Crippen molar-refractivity contribution in [2.75, 3.05) is 0 Å². The number of aldehydes is 2. The number of rotatable bonds is 14. The Morgan fingerprint density at radius 2 is 0.379 bits per heavy atom. The number of benzene rings is 16. The second-order valence-corrected chi connectivity index (χ2v) is 34.6. The Hall–Kier alpha value is -16.3. The van der Waals surface area contributed by atoms with Crippen LogP contribution in [0.15, 0.2) is 328 Å². The number of fused-ring (bicyclic) bond motifs is 16. The largest absolute Gasteiger partial charge is 0.457 e. The van der Waals surface area contributed by atoms with Gasteiger partial charge in [0.1, 0.15) is 138 Å². The molecular formula is C114H80O18. The molecule has 9 aliphatic rings. The zero-order chi connectivity index (χ0) is 87.4. The Morgan fingerprint density at radius 3 is 0.591 bits per heavy atom. The van der Waals surface area contributed by atoms with Crippen LogP contribution in [0.1, 0.15) is 184 Å². The number of hydrogen-bond acceptors (Lipinski definition) is 18. The second-order valence-electron chi connectivity index (χ2n) is 34.6. The van der Waals surface area contributed by atoms with Gasteiger partial charge in [-0.1, -0.05) is 146 Å². The van der Waals surface area contributed by atoms with E-state index in [0.29, 0.717) is 166 Å². The molecule has 0 spiro atoms. The molecule has 16 aromatic carbocycles. The van der Waals surface area contributed by atoms with Crippen LogP contribution in [-0.2, 0) is 25.7 Å². The van der Waals surface area contributed by atoms with Crippen LogP contribution >= 0.6 is 0 Å². The number of carbonyl (C=O) groups excluding carboxylic acids is 2. The minimum absolute atomic E-state index is 0.0569. The third-order valence-electron chi connectivity index (χ3n) is 26.2. The molecular weight excluding hydrogens is 1660 g/mol. The van der Waals surface area contributed by atoms with Crippen molar-refractivity contribution >= 4 is 12.6 Å². The van der Waals surface area contributed by atoms with Gasteiger partial charge >= 0.3 is 0 Å². The van der Waals surface area contributed by atoms with Gasteiger partial charge in [0.2, 0.25) is 0 Å². The Labute approximate surface area is 759 Å². The van der Waals surface area contributed by atoms with Crippen LogP contribution in [0, 0.1) is 0 Å². The van der Waals surface area contributed by atoms with Crippen molar-refractivity contribution in [3.05, 3.63) is 428 Å². The Morgan fingerprint density at radius 1 is 0.182 bits per heavy atom. The van der Waals surface area contributed by atoms with Gasteiger partial charge in [0.05, 0.1) is 11.1 Å². The molecule has 1 aliphatic carbocycles. The molecule has 8 heterocycles. The van der Waals surface area contributed by atoms with Gasteiger partial charge < -0.3 is 75.8 Å². The van der Waals surface area contributed by atoms with E-state index in [1.165, 1.54) is 0 Å². The van der Waals surface area contributed by atoms with Gasteiger partial charge in [-0.3, -0.25) is 9.59 Å². The third kappa shape index (κ3) is 14.9. The first-order valence-corrected chi connectivity index (χ1v) is 44.7. The smallest absolute Gasteiger partial charge is 0.267 e. The standard InChI is InChI=1S/C114H80O18/c115-63-97-99-45-71-47-101(97)123-79-31-15-27-75(51-79)119-83-43-70-44-84(54-83)120-76-28-16-32-80(52-76)124-102-48-72-46-100(98(102)64-116)122-78-30-14-26-74(50-78)118-82-42-69(41-81(53-82)117-73-25-13-29-77(49-73)121-99)111-125-103-59-107-93-55-89(103)85(37-33-65-17-5-1-6-18-65)90-56-94-88(40-36-68-23-11-4-12-24-68)96-58-92-86(38-34-66-19-7-2-8-20-66)91-57-95(87(93)39-35-67-21-9-3-10-22-67)109(131-113(71)129-107)61-105(91)127-112(70)128-106(92)62-110(96)132-114(72)130-108(94)60-104(90)126-111/h1-32,41-64,85-88,111-114H,33-40H2. The summed E-state index contributed by atoms with van der Waals surface area (Å²) >= 11 is 0. The summed E-state index contributed by atoms with van der Waals surface area (Å²) < 4.78 is 121. The fourth-order valence-electron chi connectivity index (χ4n) is 19.9. The Balaban J connectivity index is 0.875. The molecule has 25 rings (SSSR count). The maximum Gasteiger partial charge on any atom is 0.267 e. The SMILES string of the molecule is O=Cc1c2cc3cc1Oc1cccc(c1)Oc1cc4cc(c1)C1Oc5cc6c7cc5C(CCc5ccccc5)c5cc8c(cc5O1)OC1Oc5cc9c(cc5C8CCc5ccccc5)C(CCc5ccccc5)c5cc(c(cc5OC(O9)c5cc(cc(c5)Oc5cccc(c5)Oc5cc1cc(c5C=O)Oc1cccc(c1)O4)Oc1cccc(c1)O2)OC3O6)C7CCc1ccccc1. The van der Waals surface area contributed by atoms with E-state index in [4.69, 9.17) is 75.8 Å². The molecule has 132 heavy (non-hydrogen) atoms. The highest BCUT2D eigenvalue weighted by Gasteiger charge is 2.44.